The van der Waals surface area contributed by atoms with Gasteiger partial charge in [-0.25, -0.2) is 19.6 Å². The number of ether oxygens (including phenoxy) is 1. The largest absolute Gasteiger partial charge is 0.444 e. The Morgan fingerprint density at radius 3 is 2.58 bits per heavy atom. The highest BCUT2D eigenvalue weighted by molar-refractivity contribution is 5.73. The van der Waals surface area contributed by atoms with Gasteiger partial charge in [-0.3, -0.25) is 4.57 Å². The minimum atomic E-state index is -0.503. The number of aromatic nitrogens is 4. The lowest BCUT2D eigenvalue weighted by atomic mass is 9.96. The zero-order chi connectivity index (χ0) is 23.8. The second-order valence-corrected chi connectivity index (χ2v) is 10.1. The second kappa shape index (κ2) is 9.00. The third-order valence-corrected chi connectivity index (χ3v) is 6.04. The molecule has 0 atom stereocenters. The van der Waals surface area contributed by atoms with Gasteiger partial charge in [0.2, 0.25) is 0 Å². The smallest absolute Gasteiger partial charge is 0.410 e. The van der Waals surface area contributed by atoms with E-state index in [-0.39, 0.29) is 17.7 Å². The summed E-state index contributed by atoms with van der Waals surface area (Å²) < 4.78 is 7.20. The zero-order valence-electron chi connectivity index (χ0n) is 20.1. The number of H-pyrrole nitrogens is 1. The highest BCUT2D eigenvalue weighted by Crippen LogP contribution is 2.28. The molecule has 0 saturated carbocycles. The number of benzene rings is 1. The van der Waals surface area contributed by atoms with Crippen molar-refractivity contribution < 1.29 is 9.53 Å². The number of imidazole rings is 1. The van der Waals surface area contributed by atoms with Crippen LogP contribution in [0.5, 0.6) is 0 Å². The van der Waals surface area contributed by atoms with Gasteiger partial charge in [0.05, 0.1) is 6.20 Å². The normalized spacial score (nSPS) is 15.4. The molecular formula is C25H33N5O3. The lowest BCUT2D eigenvalue weighted by Crippen LogP contribution is -2.42. The number of aromatic amines is 1. The molecule has 0 unspecified atom stereocenters. The van der Waals surface area contributed by atoms with Gasteiger partial charge in [0.25, 0.3) is 0 Å². The molecule has 2 aromatic heterocycles. The van der Waals surface area contributed by atoms with E-state index in [1.165, 1.54) is 5.56 Å². The second-order valence-electron chi connectivity index (χ2n) is 10.1. The molecule has 3 heterocycles. The molecule has 8 nitrogen and oxygen atoms in total. The van der Waals surface area contributed by atoms with Crippen LogP contribution in [-0.4, -0.2) is 49.2 Å². The quantitative estimate of drug-likeness (QED) is 0.628. The molecule has 0 aliphatic carbocycles. The van der Waals surface area contributed by atoms with Gasteiger partial charge in [0.1, 0.15) is 11.1 Å². The maximum Gasteiger partial charge on any atom is 0.410 e. The fourth-order valence-electron chi connectivity index (χ4n) is 4.33. The summed E-state index contributed by atoms with van der Waals surface area (Å²) in [4.78, 5) is 39.0. The van der Waals surface area contributed by atoms with E-state index < -0.39 is 5.60 Å². The standard InChI is InChI=1S/C25H33N5O3/c1-16(2)18-8-6-7-9-19(18)21-26-14-20-22(28-21)30(23(31)27-20)15-17-10-12-29(13-11-17)24(32)33-25(3,4)5/h6-9,14,16-17H,10-13,15H2,1-5H3,(H,27,31). The summed E-state index contributed by atoms with van der Waals surface area (Å²) >= 11 is 0. The molecule has 4 rings (SSSR count). The molecule has 1 saturated heterocycles. The Morgan fingerprint density at radius 1 is 1.21 bits per heavy atom. The molecule has 0 spiro atoms. The number of carbonyl (C=O) groups excluding carboxylic acids is 1. The summed E-state index contributed by atoms with van der Waals surface area (Å²) in [7, 11) is 0. The average Bonchev–Trinajstić information content (AvgIpc) is 3.07. The number of piperidine rings is 1. The van der Waals surface area contributed by atoms with Gasteiger partial charge in [-0.05, 0) is 51.0 Å². The summed E-state index contributed by atoms with van der Waals surface area (Å²) in [6.45, 7) is 11.7. The Balaban J connectivity index is 1.54. The average molecular weight is 452 g/mol. The highest BCUT2D eigenvalue weighted by atomic mass is 16.6. The monoisotopic (exact) mass is 451 g/mol. The van der Waals surface area contributed by atoms with Gasteiger partial charge >= 0.3 is 11.8 Å². The van der Waals surface area contributed by atoms with E-state index in [1.54, 1.807) is 15.7 Å². The van der Waals surface area contributed by atoms with Crippen LogP contribution in [0.2, 0.25) is 0 Å². The first-order valence-corrected chi connectivity index (χ1v) is 11.6. The maximum atomic E-state index is 12.7. The SMILES string of the molecule is CC(C)c1ccccc1-c1ncc2[nH]c(=O)n(CC3CCN(C(=O)OC(C)(C)C)CC3)c2n1. The number of carbonyl (C=O) groups is 1. The Bertz CT molecular complexity index is 1200. The van der Waals surface area contributed by atoms with Gasteiger partial charge in [0.15, 0.2) is 11.5 Å². The number of nitrogens with zero attached hydrogens (tertiary/aromatic N) is 4. The number of rotatable bonds is 4. The first-order valence-electron chi connectivity index (χ1n) is 11.6. The van der Waals surface area contributed by atoms with E-state index >= 15 is 0 Å². The third-order valence-electron chi connectivity index (χ3n) is 6.04. The lowest BCUT2D eigenvalue weighted by Gasteiger charge is -2.33. The van der Waals surface area contributed by atoms with E-state index in [2.05, 4.69) is 29.9 Å². The fraction of sp³-hybridized carbons (Fsp3) is 0.520. The van der Waals surface area contributed by atoms with Crippen molar-refractivity contribution in [3.8, 4) is 11.4 Å². The maximum absolute atomic E-state index is 12.7. The molecular weight excluding hydrogens is 418 g/mol. The molecule has 33 heavy (non-hydrogen) atoms. The molecule has 1 aliphatic heterocycles. The van der Waals surface area contributed by atoms with Crippen molar-refractivity contribution in [2.75, 3.05) is 13.1 Å². The number of fused-ring (bicyclic) bond motifs is 1. The van der Waals surface area contributed by atoms with Crippen molar-refractivity contribution in [3.05, 3.63) is 46.5 Å². The predicted octanol–water partition coefficient (Wildman–Crippen LogP) is 4.56. The van der Waals surface area contributed by atoms with Crippen LogP contribution in [0, 0.1) is 5.92 Å². The molecule has 8 heteroatoms. The minimum Gasteiger partial charge on any atom is -0.444 e. The van der Waals surface area contributed by atoms with Crippen molar-refractivity contribution in [3.63, 3.8) is 0 Å². The number of amides is 1. The molecule has 1 aromatic carbocycles. The molecule has 1 amide bonds. The van der Waals surface area contributed by atoms with Crippen LogP contribution in [0.1, 0.15) is 58.9 Å². The van der Waals surface area contributed by atoms with Crippen LogP contribution in [0.25, 0.3) is 22.6 Å². The van der Waals surface area contributed by atoms with Crippen LogP contribution < -0.4 is 5.69 Å². The van der Waals surface area contributed by atoms with Gasteiger partial charge in [0, 0.05) is 25.2 Å². The Hall–Kier alpha value is -3.16. The van der Waals surface area contributed by atoms with Crippen molar-refractivity contribution in [2.45, 2.75) is 65.5 Å². The van der Waals surface area contributed by atoms with Crippen LogP contribution in [0.15, 0.2) is 35.3 Å². The Kier molecular flexibility index (Phi) is 6.28. The van der Waals surface area contributed by atoms with Gasteiger partial charge < -0.3 is 14.6 Å². The number of hydrogen-bond donors (Lipinski definition) is 1. The molecule has 3 aromatic rings. The summed E-state index contributed by atoms with van der Waals surface area (Å²) in [5.41, 5.74) is 2.74. The molecule has 1 N–H and O–H groups in total. The van der Waals surface area contributed by atoms with E-state index in [9.17, 15) is 9.59 Å². The molecule has 0 radical (unpaired) electrons. The molecule has 176 valence electrons. The predicted molar refractivity (Wildman–Crippen MR) is 128 cm³/mol. The first-order chi connectivity index (χ1) is 15.6. The van der Waals surface area contributed by atoms with Crippen molar-refractivity contribution >= 4 is 17.3 Å². The number of hydrogen-bond acceptors (Lipinski definition) is 5. The van der Waals surface area contributed by atoms with E-state index in [4.69, 9.17) is 9.72 Å². The van der Waals surface area contributed by atoms with Crippen LogP contribution >= 0.6 is 0 Å². The van der Waals surface area contributed by atoms with Crippen LogP contribution in [0.3, 0.4) is 0 Å². The molecule has 0 bridgehead atoms. The highest BCUT2D eigenvalue weighted by Gasteiger charge is 2.27. The minimum absolute atomic E-state index is 0.178. The topological polar surface area (TPSA) is 93.1 Å². The number of nitrogens with one attached hydrogen (secondary N) is 1. The summed E-state index contributed by atoms with van der Waals surface area (Å²) in [6, 6.07) is 8.12. The Labute approximate surface area is 194 Å². The molecule has 1 aliphatic rings. The first kappa shape index (κ1) is 23.0. The Morgan fingerprint density at radius 2 is 1.91 bits per heavy atom. The summed E-state index contributed by atoms with van der Waals surface area (Å²) in [6.07, 6.45) is 3.04. The van der Waals surface area contributed by atoms with Gasteiger partial charge in [-0.2, -0.15) is 0 Å². The van der Waals surface area contributed by atoms with E-state index in [1.807, 2.05) is 39.0 Å². The van der Waals surface area contributed by atoms with Crippen LogP contribution in [-0.2, 0) is 11.3 Å². The van der Waals surface area contributed by atoms with Crippen molar-refractivity contribution in [1.82, 2.24) is 24.4 Å². The third kappa shape index (κ3) is 5.10. The van der Waals surface area contributed by atoms with E-state index in [0.29, 0.717) is 42.5 Å². The van der Waals surface area contributed by atoms with Crippen molar-refractivity contribution in [2.24, 2.45) is 5.92 Å². The molecule has 1 fully saturated rings. The van der Waals surface area contributed by atoms with Gasteiger partial charge in [-0.1, -0.05) is 38.1 Å². The number of likely N-dealkylation sites (tertiary alicyclic amines) is 1. The van der Waals surface area contributed by atoms with Crippen molar-refractivity contribution in [1.29, 1.82) is 0 Å². The van der Waals surface area contributed by atoms with Crippen LogP contribution in [0.4, 0.5) is 4.79 Å². The lowest BCUT2D eigenvalue weighted by molar-refractivity contribution is 0.0178. The van der Waals surface area contributed by atoms with Gasteiger partial charge in [-0.15, -0.1) is 0 Å². The fourth-order valence-corrected chi connectivity index (χ4v) is 4.33. The van der Waals surface area contributed by atoms with E-state index in [0.717, 1.165) is 18.4 Å². The summed E-state index contributed by atoms with van der Waals surface area (Å²) in [5.74, 6) is 1.24. The summed E-state index contributed by atoms with van der Waals surface area (Å²) in [5, 5.41) is 0. The zero-order valence-corrected chi connectivity index (χ0v) is 20.1.